The quantitative estimate of drug-likeness (QED) is 0.825. The molecule has 1 aliphatic heterocycles. The Bertz CT molecular complexity index is 723. The lowest BCUT2D eigenvalue weighted by Crippen LogP contribution is -2.48. The number of benzene rings is 2. The van der Waals surface area contributed by atoms with Crippen molar-refractivity contribution in [2.24, 2.45) is 0 Å². The molecule has 0 atom stereocenters. The van der Waals surface area contributed by atoms with E-state index in [1.807, 2.05) is 36.9 Å². The third-order valence-electron chi connectivity index (χ3n) is 4.23. The molecule has 0 bridgehead atoms. The Morgan fingerprint density at radius 3 is 2.28 bits per heavy atom. The molecule has 1 saturated heterocycles. The number of hydrogen-bond donors (Lipinski definition) is 0. The first kappa shape index (κ1) is 17.6. The van der Waals surface area contributed by atoms with Crippen LogP contribution in [0, 0.1) is 0 Å². The summed E-state index contributed by atoms with van der Waals surface area (Å²) >= 11 is 5.90. The molecular formula is C20H23ClN2O2. The molecule has 2 aromatic rings. The van der Waals surface area contributed by atoms with E-state index in [9.17, 15) is 4.79 Å². The van der Waals surface area contributed by atoms with E-state index >= 15 is 0 Å². The van der Waals surface area contributed by atoms with Gasteiger partial charge in [0.2, 0.25) is 0 Å². The second-order valence-electron chi connectivity index (χ2n) is 6.42. The molecule has 0 unspecified atom stereocenters. The van der Waals surface area contributed by atoms with Crippen molar-refractivity contribution < 1.29 is 9.53 Å². The first-order chi connectivity index (χ1) is 12.0. The first-order valence-corrected chi connectivity index (χ1v) is 8.98. The van der Waals surface area contributed by atoms with Crippen LogP contribution >= 0.6 is 11.6 Å². The molecule has 1 heterocycles. The van der Waals surface area contributed by atoms with Gasteiger partial charge in [-0.3, -0.25) is 4.79 Å². The number of halogens is 1. The number of carbonyl (C=O) groups is 1. The number of amides is 1. The Balaban J connectivity index is 1.66. The highest BCUT2D eigenvalue weighted by molar-refractivity contribution is 6.30. The molecule has 5 heteroatoms. The van der Waals surface area contributed by atoms with Gasteiger partial charge in [0.15, 0.2) is 0 Å². The molecule has 0 aliphatic carbocycles. The summed E-state index contributed by atoms with van der Waals surface area (Å²) in [4.78, 5) is 16.8. The van der Waals surface area contributed by atoms with Crippen LogP contribution in [0.15, 0.2) is 48.5 Å². The standard InChI is InChI=1S/C20H23ClN2O2/c1-15(2)25-19-6-4-3-5-18(19)22-11-13-23(14-12-22)20(24)16-7-9-17(21)10-8-16/h3-10,15H,11-14H2,1-2H3. The van der Waals surface area contributed by atoms with Crippen LogP contribution in [-0.4, -0.2) is 43.1 Å². The SMILES string of the molecule is CC(C)Oc1ccccc1N1CCN(C(=O)c2ccc(Cl)cc2)CC1. The van der Waals surface area contributed by atoms with Gasteiger partial charge in [-0.1, -0.05) is 23.7 Å². The van der Waals surface area contributed by atoms with Crippen molar-refractivity contribution in [1.82, 2.24) is 4.90 Å². The topological polar surface area (TPSA) is 32.8 Å². The summed E-state index contributed by atoms with van der Waals surface area (Å²) in [6, 6.07) is 15.2. The predicted octanol–water partition coefficient (Wildman–Crippen LogP) is 4.09. The van der Waals surface area contributed by atoms with Gasteiger partial charge in [-0.25, -0.2) is 0 Å². The smallest absolute Gasteiger partial charge is 0.253 e. The van der Waals surface area contributed by atoms with Crippen LogP contribution in [0.3, 0.4) is 0 Å². The van der Waals surface area contributed by atoms with Crippen LogP contribution in [-0.2, 0) is 0 Å². The van der Waals surface area contributed by atoms with Crippen LogP contribution in [0.2, 0.25) is 5.02 Å². The lowest BCUT2D eigenvalue weighted by atomic mass is 10.1. The molecule has 1 aliphatic rings. The number of para-hydroxylation sites is 2. The summed E-state index contributed by atoms with van der Waals surface area (Å²) in [5.74, 6) is 0.956. The fraction of sp³-hybridized carbons (Fsp3) is 0.350. The first-order valence-electron chi connectivity index (χ1n) is 8.60. The van der Waals surface area contributed by atoms with Gasteiger partial charge >= 0.3 is 0 Å². The molecule has 1 amide bonds. The number of ether oxygens (including phenoxy) is 1. The Labute approximate surface area is 154 Å². The van der Waals surface area contributed by atoms with Gasteiger partial charge in [0.05, 0.1) is 11.8 Å². The maximum atomic E-state index is 12.6. The monoisotopic (exact) mass is 358 g/mol. The molecule has 0 N–H and O–H groups in total. The van der Waals surface area contributed by atoms with Crippen molar-refractivity contribution in [2.45, 2.75) is 20.0 Å². The Kier molecular flexibility index (Phi) is 5.49. The van der Waals surface area contributed by atoms with Gasteiger partial charge in [0.25, 0.3) is 5.91 Å². The van der Waals surface area contributed by atoms with Crippen molar-refractivity contribution in [2.75, 3.05) is 31.1 Å². The fourth-order valence-electron chi connectivity index (χ4n) is 3.00. The molecule has 0 spiro atoms. The van der Waals surface area contributed by atoms with Crippen LogP contribution < -0.4 is 9.64 Å². The zero-order chi connectivity index (χ0) is 17.8. The second-order valence-corrected chi connectivity index (χ2v) is 6.86. The summed E-state index contributed by atoms with van der Waals surface area (Å²) in [6.07, 6.45) is 0.133. The predicted molar refractivity (Wildman–Crippen MR) is 102 cm³/mol. The van der Waals surface area contributed by atoms with E-state index in [4.69, 9.17) is 16.3 Å². The average Bonchev–Trinajstić information content (AvgIpc) is 2.62. The molecule has 1 fully saturated rings. The van der Waals surface area contributed by atoms with Crippen molar-refractivity contribution >= 4 is 23.2 Å². The lowest BCUT2D eigenvalue weighted by Gasteiger charge is -2.37. The van der Waals surface area contributed by atoms with E-state index in [1.54, 1.807) is 24.3 Å². The number of anilines is 1. The van der Waals surface area contributed by atoms with Crippen molar-refractivity contribution in [3.8, 4) is 5.75 Å². The zero-order valence-electron chi connectivity index (χ0n) is 14.6. The Morgan fingerprint density at radius 2 is 1.64 bits per heavy atom. The molecule has 0 radical (unpaired) electrons. The maximum absolute atomic E-state index is 12.6. The number of rotatable bonds is 4. The molecule has 132 valence electrons. The zero-order valence-corrected chi connectivity index (χ0v) is 15.4. The number of carbonyl (C=O) groups excluding carboxylic acids is 1. The van der Waals surface area contributed by atoms with E-state index in [1.165, 1.54) is 0 Å². The molecule has 0 saturated carbocycles. The van der Waals surface area contributed by atoms with E-state index in [0.717, 1.165) is 24.5 Å². The van der Waals surface area contributed by atoms with Gasteiger partial charge in [-0.05, 0) is 50.2 Å². The largest absolute Gasteiger partial charge is 0.489 e. The van der Waals surface area contributed by atoms with Crippen LogP contribution in [0.4, 0.5) is 5.69 Å². The van der Waals surface area contributed by atoms with Crippen LogP contribution in [0.5, 0.6) is 5.75 Å². The molecule has 25 heavy (non-hydrogen) atoms. The molecule has 3 rings (SSSR count). The molecule has 0 aromatic heterocycles. The van der Waals surface area contributed by atoms with E-state index in [0.29, 0.717) is 23.7 Å². The van der Waals surface area contributed by atoms with E-state index in [-0.39, 0.29) is 12.0 Å². The highest BCUT2D eigenvalue weighted by atomic mass is 35.5. The van der Waals surface area contributed by atoms with Crippen molar-refractivity contribution in [1.29, 1.82) is 0 Å². The van der Waals surface area contributed by atoms with Gasteiger partial charge in [0.1, 0.15) is 5.75 Å². The van der Waals surface area contributed by atoms with Crippen molar-refractivity contribution in [3.05, 3.63) is 59.1 Å². The normalized spacial score (nSPS) is 14.7. The Morgan fingerprint density at radius 1 is 1.00 bits per heavy atom. The molecule has 2 aromatic carbocycles. The third kappa shape index (κ3) is 4.26. The summed E-state index contributed by atoms with van der Waals surface area (Å²) in [7, 11) is 0. The van der Waals surface area contributed by atoms with Crippen LogP contribution in [0.25, 0.3) is 0 Å². The minimum atomic E-state index is 0.0584. The van der Waals surface area contributed by atoms with Gasteiger partial charge in [0, 0.05) is 36.8 Å². The lowest BCUT2D eigenvalue weighted by molar-refractivity contribution is 0.0746. The summed E-state index contributed by atoms with van der Waals surface area (Å²) in [6.45, 7) is 7.02. The summed E-state index contributed by atoms with van der Waals surface area (Å²) in [5.41, 5.74) is 1.77. The number of nitrogens with zero attached hydrogens (tertiary/aromatic N) is 2. The minimum Gasteiger partial charge on any atom is -0.489 e. The highest BCUT2D eigenvalue weighted by Crippen LogP contribution is 2.29. The third-order valence-corrected chi connectivity index (χ3v) is 4.48. The number of piperazine rings is 1. The maximum Gasteiger partial charge on any atom is 0.253 e. The molecular weight excluding hydrogens is 336 g/mol. The second kappa shape index (κ2) is 7.79. The Hall–Kier alpha value is -2.20. The highest BCUT2D eigenvalue weighted by Gasteiger charge is 2.23. The van der Waals surface area contributed by atoms with Gasteiger partial charge in [-0.15, -0.1) is 0 Å². The van der Waals surface area contributed by atoms with E-state index < -0.39 is 0 Å². The summed E-state index contributed by atoms with van der Waals surface area (Å²) in [5, 5.41) is 0.642. The van der Waals surface area contributed by atoms with Crippen LogP contribution in [0.1, 0.15) is 24.2 Å². The van der Waals surface area contributed by atoms with Crippen molar-refractivity contribution in [3.63, 3.8) is 0 Å². The van der Waals surface area contributed by atoms with E-state index in [2.05, 4.69) is 11.0 Å². The fourth-order valence-corrected chi connectivity index (χ4v) is 3.12. The summed E-state index contributed by atoms with van der Waals surface area (Å²) < 4.78 is 5.92. The van der Waals surface area contributed by atoms with Gasteiger partial charge < -0.3 is 14.5 Å². The van der Waals surface area contributed by atoms with Gasteiger partial charge in [-0.2, -0.15) is 0 Å². The average molecular weight is 359 g/mol. The number of hydrogen-bond acceptors (Lipinski definition) is 3. The molecule has 4 nitrogen and oxygen atoms in total. The minimum absolute atomic E-state index is 0.0584.